The summed E-state index contributed by atoms with van der Waals surface area (Å²) in [5.74, 6) is 1.18. The fraction of sp³-hybridized carbons (Fsp3) is 0.160. The third-order valence-electron chi connectivity index (χ3n) is 5.33. The van der Waals surface area contributed by atoms with Gasteiger partial charge in [-0.15, -0.1) is 0 Å². The van der Waals surface area contributed by atoms with Gasteiger partial charge < -0.3 is 9.52 Å². The van der Waals surface area contributed by atoms with Crippen LogP contribution in [0.15, 0.2) is 71.5 Å². The molecule has 0 bridgehead atoms. The van der Waals surface area contributed by atoms with Crippen molar-refractivity contribution in [1.29, 1.82) is 0 Å². The Labute approximate surface area is 184 Å². The second-order valence-corrected chi connectivity index (χ2v) is 7.57. The zero-order chi connectivity index (χ0) is 22.1. The predicted molar refractivity (Wildman–Crippen MR) is 120 cm³/mol. The van der Waals surface area contributed by atoms with Crippen molar-refractivity contribution in [1.82, 2.24) is 19.7 Å². The van der Waals surface area contributed by atoms with Gasteiger partial charge in [0.05, 0.1) is 11.1 Å². The number of hydrogen-bond donors (Lipinski definition) is 1. The zero-order valence-corrected chi connectivity index (χ0v) is 17.5. The molecule has 0 atom stereocenters. The number of furan rings is 1. The highest BCUT2D eigenvalue weighted by atomic mass is 19.1. The van der Waals surface area contributed by atoms with Gasteiger partial charge in [-0.25, -0.2) is 9.37 Å². The van der Waals surface area contributed by atoms with E-state index in [4.69, 9.17) is 9.40 Å². The maximum absolute atomic E-state index is 13.7. The third kappa shape index (κ3) is 3.67. The molecular weight excluding hydrogens is 407 g/mol. The molecule has 1 aromatic carbocycles. The first kappa shape index (κ1) is 20.1. The van der Waals surface area contributed by atoms with E-state index in [1.165, 1.54) is 12.1 Å². The maximum atomic E-state index is 13.7. The van der Waals surface area contributed by atoms with Gasteiger partial charge >= 0.3 is 0 Å². The Bertz CT molecular complexity index is 1370. The van der Waals surface area contributed by atoms with Crippen molar-refractivity contribution in [2.24, 2.45) is 0 Å². The van der Waals surface area contributed by atoms with Gasteiger partial charge in [0.25, 0.3) is 0 Å². The number of nitrogens with zero attached hydrogens (tertiary/aromatic N) is 4. The molecule has 1 N–H and O–H groups in total. The summed E-state index contributed by atoms with van der Waals surface area (Å²) in [7, 11) is 0. The minimum Gasteiger partial charge on any atom is -0.461 e. The Kier molecular flexibility index (Phi) is 5.25. The van der Waals surface area contributed by atoms with Gasteiger partial charge in [-0.1, -0.05) is 0 Å². The number of benzene rings is 1. The summed E-state index contributed by atoms with van der Waals surface area (Å²) in [5.41, 5.74) is 4.66. The molecule has 4 heterocycles. The molecule has 4 aromatic heterocycles. The molecule has 0 aliphatic rings. The summed E-state index contributed by atoms with van der Waals surface area (Å²) >= 11 is 0. The van der Waals surface area contributed by atoms with E-state index < -0.39 is 0 Å². The Hall–Kier alpha value is -3.84. The van der Waals surface area contributed by atoms with Crippen molar-refractivity contribution in [3.63, 3.8) is 0 Å². The number of hydrogen-bond acceptors (Lipinski definition) is 5. The first-order valence-corrected chi connectivity index (χ1v) is 10.4. The highest BCUT2D eigenvalue weighted by Gasteiger charge is 2.23. The standard InChI is InChI=1S/C25H21FN4O2/c1-16-3-8-21(32-16)23-20-15-30(13-2-14-31)29-25(20)28-24(18-4-6-19(26)7-5-18)22(23)17-9-11-27-12-10-17/h3-12,15,31H,2,13-14H2,1H3. The average molecular weight is 428 g/mol. The summed E-state index contributed by atoms with van der Waals surface area (Å²) < 4.78 is 21.5. The van der Waals surface area contributed by atoms with Crippen LogP contribution in [-0.2, 0) is 6.54 Å². The van der Waals surface area contributed by atoms with Crippen LogP contribution in [0.4, 0.5) is 4.39 Å². The molecule has 0 fully saturated rings. The SMILES string of the molecule is Cc1ccc(-c2c(-c3ccncc3)c(-c3ccc(F)cc3)nc3nn(CCCO)cc23)o1. The molecule has 0 amide bonds. The van der Waals surface area contributed by atoms with Gasteiger partial charge in [0.2, 0.25) is 0 Å². The van der Waals surface area contributed by atoms with Crippen molar-refractivity contribution in [3.05, 3.63) is 78.7 Å². The second-order valence-electron chi connectivity index (χ2n) is 7.57. The fourth-order valence-corrected chi connectivity index (χ4v) is 3.87. The molecule has 160 valence electrons. The lowest BCUT2D eigenvalue weighted by Gasteiger charge is -2.14. The summed E-state index contributed by atoms with van der Waals surface area (Å²) in [6, 6.07) is 14.0. The molecule has 0 aliphatic carbocycles. The van der Waals surface area contributed by atoms with E-state index in [0.717, 1.165) is 33.4 Å². The van der Waals surface area contributed by atoms with Gasteiger partial charge in [-0.05, 0) is 67.4 Å². The quantitative estimate of drug-likeness (QED) is 0.400. The van der Waals surface area contributed by atoms with E-state index in [1.807, 2.05) is 37.4 Å². The number of aliphatic hydroxyl groups is 1. The minimum atomic E-state index is -0.310. The predicted octanol–water partition coefficient (Wildman–Crippen LogP) is 5.25. The molecule has 0 radical (unpaired) electrons. The van der Waals surface area contributed by atoms with Gasteiger partial charge in [0.15, 0.2) is 5.65 Å². The second kappa shape index (κ2) is 8.36. The lowest BCUT2D eigenvalue weighted by atomic mass is 9.92. The van der Waals surface area contributed by atoms with Gasteiger partial charge in [-0.2, -0.15) is 5.10 Å². The monoisotopic (exact) mass is 428 g/mol. The van der Waals surface area contributed by atoms with Crippen LogP contribution in [0.3, 0.4) is 0 Å². The molecule has 0 unspecified atom stereocenters. The van der Waals surface area contributed by atoms with Crippen LogP contribution < -0.4 is 0 Å². The van der Waals surface area contributed by atoms with Gasteiger partial charge in [-0.3, -0.25) is 9.67 Å². The van der Waals surface area contributed by atoms with E-state index in [2.05, 4.69) is 10.1 Å². The first-order valence-electron chi connectivity index (χ1n) is 10.4. The number of aromatic nitrogens is 4. The topological polar surface area (TPSA) is 77.0 Å². The normalized spacial score (nSPS) is 11.3. The molecule has 0 aliphatic heterocycles. The summed E-state index contributed by atoms with van der Waals surface area (Å²) in [6.07, 6.45) is 5.99. The van der Waals surface area contributed by atoms with Crippen LogP contribution in [0.25, 0.3) is 44.7 Å². The molecule has 5 rings (SSSR count). The zero-order valence-electron chi connectivity index (χ0n) is 17.5. The van der Waals surface area contributed by atoms with Crippen molar-refractivity contribution >= 4 is 11.0 Å². The first-order chi connectivity index (χ1) is 15.6. The summed E-state index contributed by atoms with van der Waals surface area (Å²) in [5, 5.41) is 14.7. The molecular formula is C25H21FN4O2. The van der Waals surface area contributed by atoms with Crippen LogP contribution in [-0.4, -0.2) is 31.5 Å². The van der Waals surface area contributed by atoms with Crippen molar-refractivity contribution < 1.29 is 13.9 Å². The number of halogens is 1. The number of aliphatic hydroxyl groups excluding tert-OH is 1. The number of fused-ring (bicyclic) bond motifs is 1. The van der Waals surface area contributed by atoms with E-state index in [9.17, 15) is 9.50 Å². The van der Waals surface area contributed by atoms with Crippen molar-refractivity contribution in [2.75, 3.05) is 6.61 Å². The average Bonchev–Trinajstić information content (AvgIpc) is 3.43. The number of pyridine rings is 2. The molecule has 0 spiro atoms. The van der Waals surface area contributed by atoms with Crippen LogP contribution >= 0.6 is 0 Å². The fourth-order valence-electron chi connectivity index (χ4n) is 3.87. The highest BCUT2D eigenvalue weighted by molar-refractivity contribution is 6.04. The molecule has 6 nitrogen and oxygen atoms in total. The molecule has 5 aromatic rings. The molecule has 0 saturated heterocycles. The van der Waals surface area contributed by atoms with Crippen LogP contribution in [0.2, 0.25) is 0 Å². The Morgan fingerprint density at radius 1 is 0.969 bits per heavy atom. The molecule has 32 heavy (non-hydrogen) atoms. The molecule has 0 saturated carbocycles. The highest BCUT2D eigenvalue weighted by Crippen LogP contribution is 2.43. The van der Waals surface area contributed by atoms with Crippen LogP contribution in [0.1, 0.15) is 12.2 Å². The Morgan fingerprint density at radius 3 is 2.44 bits per heavy atom. The summed E-state index contributed by atoms with van der Waals surface area (Å²) in [6.45, 7) is 2.55. The minimum absolute atomic E-state index is 0.0803. The van der Waals surface area contributed by atoms with E-state index in [0.29, 0.717) is 30.1 Å². The smallest absolute Gasteiger partial charge is 0.182 e. The third-order valence-corrected chi connectivity index (χ3v) is 5.33. The Morgan fingerprint density at radius 2 is 1.75 bits per heavy atom. The van der Waals surface area contributed by atoms with Crippen LogP contribution in [0.5, 0.6) is 0 Å². The lowest BCUT2D eigenvalue weighted by Crippen LogP contribution is -2.00. The van der Waals surface area contributed by atoms with E-state index in [-0.39, 0.29) is 12.4 Å². The van der Waals surface area contributed by atoms with Crippen molar-refractivity contribution in [2.45, 2.75) is 19.9 Å². The number of aryl methyl sites for hydroxylation is 2. The lowest BCUT2D eigenvalue weighted by molar-refractivity contribution is 0.277. The summed E-state index contributed by atoms with van der Waals surface area (Å²) in [4.78, 5) is 9.05. The van der Waals surface area contributed by atoms with Crippen molar-refractivity contribution in [3.8, 4) is 33.7 Å². The molecule has 7 heteroatoms. The van der Waals surface area contributed by atoms with E-state index in [1.54, 1.807) is 29.2 Å². The van der Waals surface area contributed by atoms with Gasteiger partial charge in [0.1, 0.15) is 17.3 Å². The van der Waals surface area contributed by atoms with Crippen LogP contribution in [0, 0.1) is 12.7 Å². The van der Waals surface area contributed by atoms with Gasteiger partial charge in [0, 0.05) is 48.4 Å². The largest absolute Gasteiger partial charge is 0.461 e. The van der Waals surface area contributed by atoms with E-state index >= 15 is 0 Å². The maximum Gasteiger partial charge on any atom is 0.182 e. The Balaban J connectivity index is 1.88. The number of rotatable bonds is 6.